The molecule has 0 fully saturated rings. The van der Waals surface area contributed by atoms with Gasteiger partial charge in [-0.05, 0) is 26.8 Å². The van der Waals surface area contributed by atoms with Gasteiger partial charge in [-0.25, -0.2) is 9.78 Å². The number of esters is 1. The van der Waals surface area contributed by atoms with Crippen LogP contribution in [0.2, 0.25) is 0 Å². The minimum absolute atomic E-state index is 0.277. The van der Waals surface area contributed by atoms with Crippen molar-refractivity contribution in [2.24, 2.45) is 0 Å². The molecule has 0 bridgehead atoms. The number of aliphatic hydroxyl groups is 1. The predicted molar refractivity (Wildman–Crippen MR) is 74.2 cm³/mol. The average molecular weight is 267 g/mol. The quantitative estimate of drug-likeness (QED) is 0.775. The molecule has 1 heterocycles. The molecule has 0 aliphatic heterocycles. The molecule has 0 amide bonds. The molecular formula is C13H21N3O3. The second kappa shape index (κ2) is 5.88. The highest BCUT2D eigenvalue weighted by molar-refractivity contribution is 5.95. The van der Waals surface area contributed by atoms with E-state index in [-0.39, 0.29) is 17.9 Å². The van der Waals surface area contributed by atoms with E-state index < -0.39 is 11.6 Å². The number of hydrogen-bond acceptors (Lipinski definition) is 6. The maximum atomic E-state index is 11.7. The first-order valence-electron chi connectivity index (χ1n) is 6.10. The number of carbonyl (C=O) groups excluding carboxylic acids is 1. The van der Waals surface area contributed by atoms with Gasteiger partial charge in [0, 0.05) is 13.6 Å². The zero-order chi connectivity index (χ0) is 14.6. The van der Waals surface area contributed by atoms with Crippen molar-refractivity contribution < 1.29 is 14.6 Å². The molecule has 1 aromatic rings. The number of aromatic nitrogens is 1. The van der Waals surface area contributed by atoms with Crippen LogP contribution in [0.15, 0.2) is 12.3 Å². The highest BCUT2D eigenvalue weighted by Crippen LogP contribution is 2.19. The van der Waals surface area contributed by atoms with Crippen molar-refractivity contribution in [3.8, 4) is 0 Å². The summed E-state index contributed by atoms with van der Waals surface area (Å²) in [5.41, 5.74) is 5.42. The maximum Gasteiger partial charge on any atom is 0.340 e. The Labute approximate surface area is 113 Å². The van der Waals surface area contributed by atoms with Crippen molar-refractivity contribution >= 4 is 17.5 Å². The van der Waals surface area contributed by atoms with Crippen LogP contribution < -0.4 is 10.6 Å². The van der Waals surface area contributed by atoms with Crippen LogP contribution in [0.1, 0.15) is 31.1 Å². The van der Waals surface area contributed by atoms with Gasteiger partial charge in [0.1, 0.15) is 5.82 Å². The standard InChI is InChI=1S/C13H21N3O3/c1-5-19-12(17)9-6-11(15-7-10(9)14)16(4)8-13(2,3)18/h6-7,18H,5,8,14H2,1-4H3. The van der Waals surface area contributed by atoms with E-state index in [1.54, 1.807) is 38.8 Å². The largest absolute Gasteiger partial charge is 0.462 e. The summed E-state index contributed by atoms with van der Waals surface area (Å²) in [5, 5.41) is 9.78. The second-order valence-corrected chi connectivity index (χ2v) is 5.02. The molecule has 1 aromatic heterocycles. The Morgan fingerprint density at radius 1 is 1.58 bits per heavy atom. The van der Waals surface area contributed by atoms with E-state index >= 15 is 0 Å². The van der Waals surface area contributed by atoms with Gasteiger partial charge < -0.3 is 20.5 Å². The molecule has 0 aliphatic rings. The Hall–Kier alpha value is -1.82. The molecule has 6 heteroatoms. The van der Waals surface area contributed by atoms with Crippen LogP contribution in [0, 0.1) is 0 Å². The van der Waals surface area contributed by atoms with Gasteiger partial charge >= 0.3 is 5.97 Å². The van der Waals surface area contributed by atoms with Crippen molar-refractivity contribution in [2.75, 3.05) is 30.8 Å². The lowest BCUT2D eigenvalue weighted by Gasteiger charge is -2.26. The van der Waals surface area contributed by atoms with E-state index in [4.69, 9.17) is 10.5 Å². The van der Waals surface area contributed by atoms with Gasteiger partial charge in [-0.15, -0.1) is 0 Å². The van der Waals surface area contributed by atoms with Gasteiger partial charge in [0.05, 0.1) is 29.7 Å². The second-order valence-electron chi connectivity index (χ2n) is 5.02. The van der Waals surface area contributed by atoms with E-state index in [0.717, 1.165) is 0 Å². The Morgan fingerprint density at radius 2 is 2.21 bits per heavy atom. The number of hydrogen-bond donors (Lipinski definition) is 2. The summed E-state index contributed by atoms with van der Waals surface area (Å²) in [6.07, 6.45) is 1.42. The topological polar surface area (TPSA) is 88.7 Å². The summed E-state index contributed by atoms with van der Waals surface area (Å²) in [6, 6.07) is 1.57. The van der Waals surface area contributed by atoms with Gasteiger partial charge in [0.2, 0.25) is 0 Å². The van der Waals surface area contributed by atoms with Crippen molar-refractivity contribution in [3.63, 3.8) is 0 Å². The highest BCUT2D eigenvalue weighted by Gasteiger charge is 2.19. The lowest BCUT2D eigenvalue weighted by atomic mass is 10.1. The average Bonchev–Trinajstić information content (AvgIpc) is 2.27. The lowest BCUT2D eigenvalue weighted by Crippen LogP contribution is -2.36. The molecule has 0 spiro atoms. The Balaban J connectivity index is 2.98. The summed E-state index contributed by atoms with van der Waals surface area (Å²) in [7, 11) is 1.78. The van der Waals surface area contributed by atoms with Gasteiger partial charge in [-0.2, -0.15) is 0 Å². The van der Waals surface area contributed by atoms with Crippen molar-refractivity contribution in [1.29, 1.82) is 0 Å². The normalized spacial score (nSPS) is 11.2. The van der Waals surface area contributed by atoms with Crippen LogP contribution in [0.3, 0.4) is 0 Å². The first kappa shape index (κ1) is 15.2. The third-order valence-corrected chi connectivity index (χ3v) is 2.43. The molecule has 106 valence electrons. The monoisotopic (exact) mass is 267 g/mol. The molecule has 0 aliphatic carbocycles. The summed E-state index contributed by atoms with van der Waals surface area (Å²) in [4.78, 5) is 17.6. The van der Waals surface area contributed by atoms with E-state index in [0.29, 0.717) is 12.4 Å². The van der Waals surface area contributed by atoms with E-state index in [2.05, 4.69) is 4.98 Å². The minimum Gasteiger partial charge on any atom is -0.462 e. The van der Waals surface area contributed by atoms with Gasteiger partial charge in [0.15, 0.2) is 0 Å². The molecule has 3 N–H and O–H groups in total. The number of nitrogens with two attached hydrogens (primary N) is 1. The van der Waals surface area contributed by atoms with Crippen molar-refractivity contribution in [1.82, 2.24) is 4.98 Å². The third-order valence-electron chi connectivity index (χ3n) is 2.43. The number of nitrogen functional groups attached to an aromatic ring is 1. The molecule has 0 aromatic carbocycles. The molecule has 0 saturated heterocycles. The van der Waals surface area contributed by atoms with Gasteiger partial charge in [-0.1, -0.05) is 0 Å². The number of rotatable bonds is 5. The van der Waals surface area contributed by atoms with Crippen molar-refractivity contribution in [2.45, 2.75) is 26.4 Å². The third kappa shape index (κ3) is 4.40. The first-order valence-corrected chi connectivity index (χ1v) is 6.10. The van der Waals surface area contributed by atoms with E-state index in [1.807, 2.05) is 0 Å². The van der Waals surface area contributed by atoms with Gasteiger partial charge in [-0.3, -0.25) is 0 Å². The van der Waals surface area contributed by atoms with Crippen LogP contribution in [-0.4, -0.2) is 41.9 Å². The molecule has 0 radical (unpaired) electrons. The Morgan fingerprint density at radius 3 is 2.74 bits per heavy atom. The van der Waals surface area contributed by atoms with E-state index in [9.17, 15) is 9.90 Å². The fourth-order valence-corrected chi connectivity index (χ4v) is 1.71. The summed E-state index contributed by atoms with van der Waals surface area (Å²) >= 11 is 0. The summed E-state index contributed by atoms with van der Waals surface area (Å²) in [6.45, 7) is 5.80. The summed E-state index contributed by atoms with van der Waals surface area (Å²) in [5.74, 6) is 0.0830. The molecule has 0 atom stereocenters. The number of pyridine rings is 1. The molecule has 6 nitrogen and oxygen atoms in total. The van der Waals surface area contributed by atoms with Crippen molar-refractivity contribution in [3.05, 3.63) is 17.8 Å². The zero-order valence-electron chi connectivity index (χ0n) is 11.8. The summed E-state index contributed by atoms with van der Waals surface area (Å²) < 4.78 is 4.93. The smallest absolute Gasteiger partial charge is 0.340 e. The number of ether oxygens (including phenoxy) is 1. The molecular weight excluding hydrogens is 246 g/mol. The highest BCUT2D eigenvalue weighted by atomic mass is 16.5. The Kier molecular flexibility index (Phi) is 4.72. The molecule has 0 unspecified atom stereocenters. The number of anilines is 2. The van der Waals surface area contributed by atoms with E-state index in [1.165, 1.54) is 6.20 Å². The number of likely N-dealkylation sites (N-methyl/N-ethyl adjacent to an activating group) is 1. The molecule has 19 heavy (non-hydrogen) atoms. The maximum absolute atomic E-state index is 11.7. The van der Waals surface area contributed by atoms with Crippen LogP contribution in [0.5, 0.6) is 0 Å². The molecule has 0 saturated carbocycles. The first-order chi connectivity index (χ1) is 8.74. The number of carbonyl (C=O) groups is 1. The Bertz CT molecular complexity index is 455. The predicted octanol–water partition coefficient (Wildman–Crippen LogP) is 1.05. The van der Waals surface area contributed by atoms with Crippen LogP contribution in [0.25, 0.3) is 0 Å². The number of nitrogens with zero attached hydrogens (tertiary/aromatic N) is 2. The zero-order valence-corrected chi connectivity index (χ0v) is 11.8. The van der Waals surface area contributed by atoms with Gasteiger partial charge in [0.25, 0.3) is 0 Å². The van der Waals surface area contributed by atoms with Crippen LogP contribution in [-0.2, 0) is 4.74 Å². The van der Waals surface area contributed by atoms with Crippen LogP contribution in [0.4, 0.5) is 11.5 Å². The minimum atomic E-state index is -0.859. The molecule has 1 rings (SSSR count). The lowest BCUT2D eigenvalue weighted by molar-refractivity contribution is 0.0527. The fraction of sp³-hybridized carbons (Fsp3) is 0.538. The fourth-order valence-electron chi connectivity index (χ4n) is 1.71. The van der Waals surface area contributed by atoms with Crippen LogP contribution >= 0.6 is 0 Å². The SMILES string of the molecule is CCOC(=O)c1cc(N(C)CC(C)(C)O)ncc1N.